The van der Waals surface area contributed by atoms with Gasteiger partial charge in [0.25, 0.3) is 0 Å². The maximum Gasteiger partial charge on any atom is 0.0805 e. The predicted molar refractivity (Wildman–Crippen MR) is 106 cm³/mol. The summed E-state index contributed by atoms with van der Waals surface area (Å²) in [7, 11) is 0. The zero-order chi connectivity index (χ0) is 17.6. The van der Waals surface area contributed by atoms with E-state index in [0.717, 1.165) is 28.9 Å². The lowest BCUT2D eigenvalue weighted by Gasteiger charge is -2.15. The molecule has 0 atom stereocenters. The smallest absolute Gasteiger partial charge is 0.0805 e. The Hall–Kier alpha value is -2.03. The molecule has 25 heavy (non-hydrogen) atoms. The highest BCUT2D eigenvalue weighted by Crippen LogP contribution is 2.33. The van der Waals surface area contributed by atoms with Crippen LogP contribution in [0, 0.1) is 6.92 Å². The average molecular weight is 369 g/mol. The molecule has 4 heteroatoms. The second kappa shape index (κ2) is 6.36. The molecule has 0 bridgehead atoms. The van der Waals surface area contributed by atoms with E-state index in [1.807, 2.05) is 36.4 Å². The van der Waals surface area contributed by atoms with E-state index in [1.165, 1.54) is 17.0 Å². The second-order valence-electron chi connectivity index (χ2n) is 6.25. The first-order valence-corrected chi connectivity index (χ1v) is 9.15. The lowest BCUT2D eigenvalue weighted by Crippen LogP contribution is -2.08. The lowest BCUT2D eigenvalue weighted by atomic mass is 10.0. The largest absolute Gasteiger partial charge is 0.315 e. The van der Waals surface area contributed by atoms with Gasteiger partial charge < -0.3 is 4.57 Å². The highest BCUT2D eigenvalue weighted by Gasteiger charge is 2.23. The van der Waals surface area contributed by atoms with E-state index in [4.69, 9.17) is 28.2 Å². The number of halogens is 2. The van der Waals surface area contributed by atoms with Gasteiger partial charge in [0.05, 0.1) is 17.9 Å². The van der Waals surface area contributed by atoms with Crippen molar-refractivity contribution < 1.29 is 0 Å². The van der Waals surface area contributed by atoms with Crippen LogP contribution in [0.3, 0.4) is 0 Å². The summed E-state index contributed by atoms with van der Waals surface area (Å²) in [6, 6.07) is 16.1. The number of aryl methyl sites for hydroxylation is 2. The fourth-order valence-corrected chi connectivity index (χ4v) is 3.98. The number of nitrogens with zero attached hydrogens (tertiary/aromatic N) is 2. The molecule has 0 fully saturated rings. The van der Waals surface area contributed by atoms with Gasteiger partial charge in [-0.2, -0.15) is 0 Å². The SMILES string of the molecule is CCc1cc(C)n2c1CN=C(c1ccccc1Cl)c1cc(Cl)ccc1-2. The molecule has 1 aliphatic rings. The van der Waals surface area contributed by atoms with Gasteiger partial charge in [0.1, 0.15) is 0 Å². The Bertz CT molecular complexity index is 999. The minimum Gasteiger partial charge on any atom is -0.315 e. The van der Waals surface area contributed by atoms with Gasteiger partial charge in [-0.25, -0.2) is 0 Å². The van der Waals surface area contributed by atoms with E-state index in [0.29, 0.717) is 16.6 Å². The Labute approximate surface area is 157 Å². The fraction of sp³-hybridized carbons (Fsp3) is 0.190. The first-order chi connectivity index (χ1) is 12.1. The van der Waals surface area contributed by atoms with Gasteiger partial charge in [0.15, 0.2) is 0 Å². The lowest BCUT2D eigenvalue weighted by molar-refractivity contribution is 0.879. The Morgan fingerprint density at radius 1 is 1.04 bits per heavy atom. The molecule has 0 saturated carbocycles. The van der Waals surface area contributed by atoms with Gasteiger partial charge in [0, 0.05) is 32.6 Å². The molecule has 1 aromatic heterocycles. The highest BCUT2D eigenvalue weighted by molar-refractivity contribution is 6.36. The maximum atomic E-state index is 6.47. The van der Waals surface area contributed by atoms with Crippen molar-refractivity contribution in [2.45, 2.75) is 26.8 Å². The van der Waals surface area contributed by atoms with Crippen LogP contribution in [0.5, 0.6) is 0 Å². The van der Waals surface area contributed by atoms with Crippen molar-refractivity contribution in [2.24, 2.45) is 4.99 Å². The fourth-order valence-electron chi connectivity index (χ4n) is 3.59. The van der Waals surface area contributed by atoms with Crippen LogP contribution in [0.2, 0.25) is 10.0 Å². The van der Waals surface area contributed by atoms with Crippen molar-refractivity contribution in [1.82, 2.24) is 4.57 Å². The molecule has 4 rings (SSSR count). The molecule has 2 nitrogen and oxygen atoms in total. The number of hydrogen-bond donors (Lipinski definition) is 0. The molecule has 0 unspecified atom stereocenters. The van der Waals surface area contributed by atoms with Crippen LogP contribution in [-0.2, 0) is 13.0 Å². The molecule has 2 aromatic carbocycles. The molecule has 0 N–H and O–H groups in total. The molecule has 0 saturated heterocycles. The Balaban J connectivity index is 2.03. The van der Waals surface area contributed by atoms with Crippen molar-refractivity contribution in [3.8, 4) is 5.69 Å². The summed E-state index contributed by atoms with van der Waals surface area (Å²) in [5.41, 5.74) is 7.75. The average Bonchev–Trinajstić information content (AvgIpc) is 2.82. The molecule has 0 amide bonds. The van der Waals surface area contributed by atoms with Crippen LogP contribution in [0.4, 0.5) is 0 Å². The quantitative estimate of drug-likeness (QED) is 0.527. The number of rotatable bonds is 2. The van der Waals surface area contributed by atoms with Gasteiger partial charge in [-0.1, -0.05) is 48.3 Å². The molecular weight excluding hydrogens is 351 g/mol. The summed E-state index contributed by atoms with van der Waals surface area (Å²) in [4.78, 5) is 4.95. The molecule has 3 aromatic rings. The molecular formula is C21H18Cl2N2. The molecule has 0 radical (unpaired) electrons. The van der Waals surface area contributed by atoms with Crippen LogP contribution in [0.25, 0.3) is 5.69 Å². The van der Waals surface area contributed by atoms with Crippen molar-refractivity contribution in [1.29, 1.82) is 0 Å². The minimum atomic E-state index is 0.629. The third kappa shape index (κ3) is 2.70. The Morgan fingerprint density at radius 2 is 1.84 bits per heavy atom. The highest BCUT2D eigenvalue weighted by atomic mass is 35.5. The number of aliphatic imine (C=N–C) groups is 1. The van der Waals surface area contributed by atoms with Crippen LogP contribution in [-0.4, -0.2) is 10.3 Å². The molecule has 2 heterocycles. The first kappa shape index (κ1) is 16.4. The van der Waals surface area contributed by atoms with Gasteiger partial charge in [-0.3, -0.25) is 4.99 Å². The monoisotopic (exact) mass is 368 g/mol. The number of hydrogen-bond acceptors (Lipinski definition) is 1. The summed E-state index contributed by atoms with van der Waals surface area (Å²) in [5, 5.41) is 1.40. The zero-order valence-corrected chi connectivity index (χ0v) is 15.7. The van der Waals surface area contributed by atoms with Gasteiger partial charge in [-0.15, -0.1) is 0 Å². The first-order valence-electron chi connectivity index (χ1n) is 8.40. The van der Waals surface area contributed by atoms with E-state index in [2.05, 4.69) is 30.5 Å². The van der Waals surface area contributed by atoms with Crippen molar-refractivity contribution >= 4 is 28.9 Å². The zero-order valence-electron chi connectivity index (χ0n) is 14.2. The third-order valence-electron chi connectivity index (χ3n) is 4.73. The van der Waals surface area contributed by atoms with E-state index in [9.17, 15) is 0 Å². The van der Waals surface area contributed by atoms with Crippen LogP contribution in [0.15, 0.2) is 53.5 Å². The van der Waals surface area contributed by atoms with Crippen LogP contribution >= 0.6 is 23.2 Å². The van der Waals surface area contributed by atoms with Crippen molar-refractivity contribution in [3.05, 3.63) is 86.7 Å². The predicted octanol–water partition coefficient (Wildman–Crippen LogP) is 6.01. The molecule has 126 valence electrons. The standard InChI is InChI=1S/C21H18Cl2N2/c1-3-14-10-13(2)25-19-9-8-15(22)11-17(19)21(24-12-20(14)25)16-6-4-5-7-18(16)23/h4-11H,3,12H2,1-2H3. The van der Waals surface area contributed by atoms with Crippen LogP contribution < -0.4 is 0 Å². The number of fused-ring (bicyclic) bond motifs is 3. The molecule has 0 aliphatic carbocycles. The topological polar surface area (TPSA) is 17.3 Å². The minimum absolute atomic E-state index is 0.629. The Kier molecular flexibility index (Phi) is 4.18. The third-order valence-corrected chi connectivity index (χ3v) is 5.29. The summed E-state index contributed by atoms with van der Waals surface area (Å²) in [5.74, 6) is 0. The molecule has 1 aliphatic heterocycles. The summed E-state index contributed by atoms with van der Waals surface area (Å²) in [6.45, 7) is 4.95. The van der Waals surface area contributed by atoms with E-state index in [1.54, 1.807) is 0 Å². The van der Waals surface area contributed by atoms with Gasteiger partial charge in [-0.05, 0) is 49.2 Å². The van der Waals surface area contributed by atoms with E-state index < -0.39 is 0 Å². The van der Waals surface area contributed by atoms with Crippen molar-refractivity contribution in [2.75, 3.05) is 0 Å². The number of benzene rings is 2. The van der Waals surface area contributed by atoms with Gasteiger partial charge in [0.2, 0.25) is 0 Å². The van der Waals surface area contributed by atoms with Crippen LogP contribution in [0.1, 0.15) is 35.0 Å². The Morgan fingerprint density at radius 3 is 2.60 bits per heavy atom. The van der Waals surface area contributed by atoms with Gasteiger partial charge >= 0.3 is 0 Å². The second-order valence-corrected chi connectivity index (χ2v) is 7.10. The van der Waals surface area contributed by atoms with E-state index >= 15 is 0 Å². The normalized spacial score (nSPS) is 13.0. The molecule has 0 spiro atoms. The van der Waals surface area contributed by atoms with Crippen molar-refractivity contribution in [3.63, 3.8) is 0 Å². The number of aromatic nitrogens is 1. The summed E-state index contributed by atoms with van der Waals surface area (Å²) >= 11 is 12.8. The maximum absolute atomic E-state index is 6.47. The van der Waals surface area contributed by atoms with E-state index in [-0.39, 0.29) is 0 Å². The summed E-state index contributed by atoms with van der Waals surface area (Å²) in [6.07, 6.45) is 0.989. The summed E-state index contributed by atoms with van der Waals surface area (Å²) < 4.78 is 2.30.